The van der Waals surface area contributed by atoms with Crippen LogP contribution in [0.3, 0.4) is 0 Å². The number of carboxylic acid groups (broad SMARTS) is 1. The Labute approximate surface area is 109 Å². The number of hydrogen-bond donors (Lipinski definition) is 3. The van der Waals surface area contributed by atoms with E-state index in [9.17, 15) is 9.59 Å². The quantitative estimate of drug-likeness (QED) is 0.727. The van der Waals surface area contributed by atoms with Crippen LogP contribution >= 0.6 is 0 Å². The third-order valence-corrected chi connectivity index (χ3v) is 3.08. The molecular weight excluding hydrogens is 232 g/mol. The number of nitrogens with one attached hydrogen (secondary N) is 2. The van der Waals surface area contributed by atoms with Crippen molar-refractivity contribution in [1.82, 2.24) is 10.6 Å². The van der Waals surface area contributed by atoms with Crippen molar-refractivity contribution in [2.45, 2.75) is 66.0 Å². The minimum absolute atomic E-state index is 0. The second-order valence-corrected chi connectivity index (χ2v) is 5.74. The number of aliphatic carboxylic acids is 1. The first-order chi connectivity index (χ1) is 7.80. The number of urea groups is 1. The summed E-state index contributed by atoms with van der Waals surface area (Å²) < 4.78 is 0. The average Bonchev–Trinajstić information content (AvgIpc) is 2.64. The smallest absolute Gasteiger partial charge is 0.326 e. The monoisotopic (exact) mass is 258 g/mol. The molecular formula is C13H26N2O3. The molecule has 0 spiro atoms. The van der Waals surface area contributed by atoms with Gasteiger partial charge in [-0.1, -0.05) is 41.0 Å². The number of carbonyl (C=O) groups excluding carboxylic acids is 1. The van der Waals surface area contributed by atoms with Gasteiger partial charge in [-0.25, -0.2) is 9.59 Å². The molecule has 0 radical (unpaired) electrons. The lowest BCUT2D eigenvalue weighted by molar-refractivity contribution is -0.141. The van der Waals surface area contributed by atoms with E-state index < -0.39 is 17.4 Å². The van der Waals surface area contributed by atoms with E-state index in [-0.39, 0.29) is 19.5 Å². The summed E-state index contributed by atoms with van der Waals surface area (Å²) in [7, 11) is 0. The molecule has 1 unspecified atom stereocenters. The Kier molecular flexibility index (Phi) is 6.15. The Morgan fingerprint density at radius 3 is 2.11 bits per heavy atom. The number of hydrogen-bond acceptors (Lipinski definition) is 2. The topological polar surface area (TPSA) is 78.4 Å². The Hall–Kier alpha value is -1.26. The Morgan fingerprint density at radius 1 is 1.22 bits per heavy atom. The minimum atomic E-state index is -1.00. The Bertz CT molecular complexity index is 291. The summed E-state index contributed by atoms with van der Waals surface area (Å²) >= 11 is 0. The first-order valence-corrected chi connectivity index (χ1v) is 6.10. The summed E-state index contributed by atoms with van der Waals surface area (Å²) in [6.45, 7) is 5.38. The van der Waals surface area contributed by atoms with Crippen molar-refractivity contribution in [3.8, 4) is 0 Å². The van der Waals surface area contributed by atoms with Gasteiger partial charge in [0.1, 0.15) is 6.04 Å². The van der Waals surface area contributed by atoms with Crippen LogP contribution in [-0.4, -0.2) is 29.2 Å². The normalized spacial score (nSPS) is 17.7. The van der Waals surface area contributed by atoms with Crippen LogP contribution in [0.5, 0.6) is 0 Å². The molecule has 0 aromatic rings. The highest BCUT2D eigenvalue weighted by atomic mass is 16.4. The van der Waals surface area contributed by atoms with Gasteiger partial charge in [-0.15, -0.1) is 0 Å². The van der Waals surface area contributed by atoms with E-state index in [1.54, 1.807) is 20.8 Å². The molecule has 0 aliphatic heterocycles. The molecule has 0 aromatic carbocycles. The van der Waals surface area contributed by atoms with E-state index in [0.717, 1.165) is 25.7 Å². The summed E-state index contributed by atoms with van der Waals surface area (Å²) in [5, 5.41) is 14.4. The molecule has 1 aliphatic rings. The number of carboxylic acids is 1. The molecule has 1 aliphatic carbocycles. The van der Waals surface area contributed by atoms with Gasteiger partial charge in [0.2, 0.25) is 0 Å². The van der Waals surface area contributed by atoms with Gasteiger partial charge < -0.3 is 15.7 Å². The van der Waals surface area contributed by atoms with Gasteiger partial charge in [0.05, 0.1) is 0 Å². The predicted molar refractivity (Wildman–Crippen MR) is 71.5 cm³/mol. The summed E-state index contributed by atoms with van der Waals surface area (Å²) in [6, 6.07) is -1.05. The molecule has 1 rings (SSSR count). The lowest BCUT2D eigenvalue weighted by Gasteiger charge is -2.28. The van der Waals surface area contributed by atoms with Crippen molar-refractivity contribution in [3.05, 3.63) is 0 Å². The highest BCUT2D eigenvalue weighted by Gasteiger charge is 2.33. The first-order valence-electron chi connectivity index (χ1n) is 6.10. The highest BCUT2D eigenvalue weighted by Crippen LogP contribution is 2.20. The summed E-state index contributed by atoms with van der Waals surface area (Å²) in [5.74, 6) is -1.00. The lowest BCUT2D eigenvalue weighted by atomic mass is 9.87. The summed E-state index contributed by atoms with van der Waals surface area (Å²) in [4.78, 5) is 22.8. The summed E-state index contributed by atoms with van der Waals surface area (Å²) in [5.41, 5.74) is -0.501. The van der Waals surface area contributed by atoms with Crippen LogP contribution < -0.4 is 10.6 Å². The fourth-order valence-electron chi connectivity index (χ4n) is 2.08. The molecule has 0 saturated heterocycles. The van der Waals surface area contributed by atoms with Gasteiger partial charge >= 0.3 is 12.0 Å². The zero-order valence-electron chi connectivity index (χ0n) is 10.7. The lowest BCUT2D eigenvalue weighted by Crippen LogP contribution is -2.53. The van der Waals surface area contributed by atoms with Crippen LogP contribution in [0.25, 0.3) is 0 Å². The maximum Gasteiger partial charge on any atom is 0.326 e. The van der Waals surface area contributed by atoms with Crippen molar-refractivity contribution in [3.63, 3.8) is 0 Å². The van der Waals surface area contributed by atoms with Crippen LogP contribution in [0.15, 0.2) is 0 Å². The minimum Gasteiger partial charge on any atom is -0.480 e. The summed E-state index contributed by atoms with van der Waals surface area (Å²) in [6.07, 6.45) is 4.24. The Morgan fingerprint density at radius 2 is 1.72 bits per heavy atom. The third-order valence-electron chi connectivity index (χ3n) is 3.08. The molecule has 0 bridgehead atoms. The molecule has 5 heteroatoms. The van der Waals surface area contributed by atoms with E-state index in [1.165, 1.54) is 0 Å². The van der Waals surface area contributed by atoms with Gasteiger partial charge in [0.25, 0.3) is 0 Å². The standard InChI is InChI=1S/C12H22N2O3.CH4/c1-12(2,3)9(10(15)16)14-11(17)13-8-6-4-5-7-8;/h8-9H,4-7H2,1-3H3,(H,15,16)(H2,13,14,17);1H4. The van der Waals surface area contributed by atoms with Gasteiger partial charge in [0.15, 0.2) is 0 Å². The maximum absolute atomic E-state index is 11.7. The van der Waals surface area contributed by atoms with Gasteiger partial charge in [0, 0.05) is 6.04 Å². The molecule has 3 N–H and O–H groups in total. The van der Waals surface area contributed by atoms with Gasteiger partial charge in [-0.2, -0.15) is 0 Å². The van der Waals surface area contributed by atoms with Crippen LogP contribution in [0.1, 0.15) is 53.9 Å². The van der Waals surface area contributed by atoms with Gasteiger partial charge in [-0.3, -0.25) is 0 Å². The molecule has 0 aromatic heterocycles. The van der Waals surface area contributed by atoms with E-state index in [4.69, 9.17) is 5.11 Å². The largest absolute Gasteiger partial charge is 0.480 e. The van der Waals surface area contributed by atoms with E-state index in [2.05, 4.69) is 10.6 Å². The van der Waals surface area contributed by atoms with Crippen molar-refractivity contribution >= 4 is 12.0 Å². The molecule has 5 nitrogen and oxygen atoms in total. The predicted octanol–water partition coefficient (Wildman–Crippen LogP) is 2.36. The second-order valence-electron chi connectivity index (χ2n) is 5.74. The van der Waals surface area contributed by atoms with Crippen molar-refractivity contribution in [2.75, 3.05) is 0 Å². The van der Waals surface area contributed by atoms with Crippen molar-refractivity contribution in [2.24, 2.45) is 5.41 Å². The maximum atomic E-state index is 11.7. The number of carbonyl (C=O) groups is 2. The molecule has 1 atom stereocenters. The van der Waals surface area contributed by atoms with E-state index in [0.29, 0.717) is 0 Å². The molecule has 0 heterocycles. The van der Waals surface area contributed by atoms with E-state index in [1.807, 2.05) is 0 Å². The van der Waals surface area contributed by atoms with Crippen LogP contribution in [-0.2, 0) is 4.79 Å². The van der Waals surface area contributed by atoms with Gasteiger partial charge in [-0.05, 0) is 18.3 Å². The van der Waals surface area contributed by atoms with Crippen LogP contribution in [0, 0.1) is 5.41 Å². The number of rotatable bonds is 3. The fourth-order valence-corrected chi connectivity index (χ4v) is 2.08. The molecule has 106 valence electrons. The zero-order chi connectivity index (χ0) is 13.1. The molecule has 1 fully saturated rings. The van der Waals surface area contributed by atoms with Crippen molar-refractivity contribution in [1.29, 1.82) is 0 Å². The fraction of sp³-hybridized carbons (Fsp3) is 0.846. The van der Waals surface area contributed by atoms with Crippen molar-refractivity contribution < 1.29 is 14.7 Å². The molecule has 2 amide bonds. The zero-order valence-corrected chi connectivity index (χ0v) is 10.7. The Balaban J connectivity index is 0.00000289. The van der Waals surface area contributed by atoms with Crippen LogP contribution in [0.4, 0.5) is 4.79 Å². The number of amides is 2. The average molecular weight is 258 g/mol. The highest BCUT2D eigenvalue weighted by molar-refractivity contribution is 5.83. The SMILES string of the molecule is C.CC(C)(C)C(NC(=O)NC1CCCC1)C(=O)O. The molecule has 1 saturated carbocycles. The van der Waals surface area contributed by atoms with E-state index >= 15 is 0 Å². The first kappa shape index (κ1) is 16.7. The second kappa shape index (κ2) is 6.61. The van der Waals surface area contributed by atoms with Crippen LogP contribution in [0.2, 0.25) is 0 Å². The third kappa shape index (κ3) is 4.94. The molecule has 18 heavy (non-hydrogen) atoms.